The number of ether oxygens (including phenoxy) is 1. The normalized spacial score (nSPS) is 12.9. The van der Waals surface area contributed by atoms with E-state index in [4.69, 9.17) is 9.99 Å². The van der Waals surface area contributed by atoms with Crippen molar-refractivity contribution in [1.29, 1.82) is 0 Å². The molecular formula is C22H45NO4S. The highest BCUT2D eigenvalue weighted by atomic mass is 32.2. The van der Waals surface area contributed by atoms with Gasteiger partial charge in [0.15, 0.2) is 0 Å². The van der Waals surface area contributed by atoms with Crippen molar-refractivity contribution < 1.29 is 19.7 Å². The predicted molar refractivity (Wildman–Crippen MR) is 120 cm³/mol. The Morgan fingerprint density at radius 2 is 1.54 bits per heavy atom. The standard InChI is InChI=1S/C22H45NO4S/c1-5-22(2,3)21(24)26-18-17-23-20(27-25)16-14-12-10-8-6-7-9-11-13-15-19-28-4/h20,23,25H,5-19H2,1-4H3. The van der Waals surface area contributed by atoms with E-state index in [9.17, 15) is 4.79 Å². The number of rotatable bonds is 20. The molecule has 5 nitrogen and oxygen atoms in total. The summed E-state index contributed by atoms with van der Waals surface area (Å²) in [4.78, 5) is 16.4. The maximum atomic E-state index is 11.9. The van der Waals surface area contributed by atoms with Crippen LogP contribution < -0.4 is 5.32 Å². The van der Waals surface area contributed by atoms with Crippen LogP contribution in [0.1, 0.15) is 97.8 Å². The summed E-state index contributed by atoms with van der Waals surface area (Å²) in [6, 6.07) is 0. The van der Waals surface area contributed by atoms with Crippen LogP contribution in [0.4, 0.5) is 0 Å². The molecule has 0 rings (SSSR count). The van der Waals surface area contributed by atoms with Gasteiger partial charge in [-0.15, -0.1) is 0 Å². The van der Waals surface area contributed by atoms with Crippen LogP contribution in [0.3, 0.4) is 0 Å². The number of esters is 1. The molecule has 0 aromatic carbocycles. The van der Waals surface area contributed by atoms with Crippen LogP contribution in [0.2, 0.25) is 0 Å². The summed E-state index contributed by atoms with van der Waals surface area (Å²) in [6.07, 6.45) is 16.2. The van der Waals surface area contributed by atoms with Crippen molar-refractivity contribution >= 4 is 17.7 Å². The molecule has 0 radical (unpaired) electrons. The summed E-state index contributed by atoms with van der Waals surface area (Å²) in [6.45, 7) is 6.51. The summed E-state index contributed by atoms with van der Waals surface area (Å²) in [5.41, 5.74) is -0.443. The SMILES string of the molecule is CCC(C)(C)C(=O)OCCNC(CCCCCCCCCCCCSC)OO. The van der Waals surface area contributed by atoms with Crippen LogP contribution in [0, 0.1) is 5.41 Å². The third-order valence-electron chi connectivity index (χ3n) is 5.34. The van der Waals surface area contributed by atoms with E-state index >= 15 is 0 Å². The van der Waals surface area contributed by atoms with Gasteiger partial charge in [-0.05, 0) is 51.5 Å². The Morgan fingerprint density at radius 3 is 2.04 bits per heavy atom. The van der Waals surface area contributed by atoms with E-state index in [1.807, 2.05) is 32.5 Å². The van der Waals surface area contributed by atoms with Gasteiger partial charge in [-0.2, -0.15) is 11.8 Å². The highest BCUT2D eigenvalue weighted by molar-refractivity contribution is 7.98. The Labute approximate surface area is 177 Å². The number of hydrogen-bond acceptors (Lipinski definition) is 6. The lowest BCUT2D eigenvalue weighted by Gasteiger charge is -2.21. The quantitative estimate of drug-likeness (QED) is 0.0826. The number of hydrogen-bond donors (Lipinski definition) is 2. The molecular weight excluding hydrogens is 374 g/mol. The Balaban J connectivity index is 3.50. The molecule has 1 atom stereocenters. The molecule has 0 saturated heterocycles. The minimum Gasteiger partial charge on any atom is -0.464 e. The zero-order chi connectivity index (χ0) is 21.1. The van der Waals surface area contributed by atoms with Crippen LogP contribution in [0.15, 0.2) is 0 Å². The second kappa shape index (κ2) is 18.7. The Kier molecular flexibility index (Phi) is 18.5. The Morgan fingerprint density at radius 1 is 1.00 bits per heavy atom. The fourth-order valence-electron chi connectivity index (χ4n) is 2.89. The number of carbonyl (C=O) groups excluding carboxylic acids is 1. The van der Waals surface area contributed by atoms with Gasteiger partial charge in [-0.1, -0.05) is 58.3 Å². The van der Waals surface area contributed by atoms with Crippen molar-refractivity contribution in [3.8, 4) is 0 Å². The first-order chi connectivity index (χ1) is 13.5. The molecule has 0 aromatic rings. The van der Waals surface area contributed by atoms with Gasteiger partial charge in [0.25, 0.3) is 0 Å². The maximum Gasteiger partial charge on any atom is 0.311 e. The average molecular weight is 420 g/mol. The van der Waals surface area contributed by atoms with Crippen molar-refractivity contribution in [3.05, 3.63) is 0 Å². The van der Waals surface area contributed by atoms with E-state index in [0.29, 0.717) is 13.2 Å². The molecule has 0 bridgehead atoms. The lowest BCUT2D eigenvalue weighted by molar-refractivity contribution is -0.287. The van der Waals surface area contributed by atoms with Gasteiger partial charge in [0.05, 0.1) is 5.41 Å². The molecule has 0 amide bonds. The number of unbranched alkanes of at least 4 members (excludes halogenated alkanes) is 9. The molecule has 1 unspecified atom stereocenters. The monoisotopic (exact) mass is 419 g/mol. The highest BCUT2D eigenvalue weighted by Gasteiger charge is 2.26. The largest absolute Gasteiger partial charge is 0.464 e. The summed E-state index contributed by atoms with van der Waals surface area (Å²) < 4.78 is 5.27. The van der Waals surface area contributed by atoms with Crippen molar-refractivity contribution in [2.24, 2.45) is 5.41 Å². The molecule has 0 aliphatic rings. The van der Waals surface area contributed by atoms with Gasteiger partial charge < -0.3 is 4.74 Å². The van der Waals surface area contributed by atoms with E-state index in [0.717, 1.165) is 25.7 Å². The van der Waals surface area contributed by atoms with Crippen LogP contribution in [0.25, 0.3) is 0 Å². The van der Waals surface area contributed by atoms with Crippen molar-refractivity contribution in [2.75, 3.05) is 25.2 Å². The summed E-state index contributed by atoms with van der Waals surface area (Å²) in [5, 5.41) is 12.1. The molecule has 0 heterocycles. The number of thioether (sulfide) groups is 1. The molecule has 0 saturated carbocycles. The van der Waals surface area contributed by atoms with Gasteiger partial charge in [-0.25, -0.2) is 4.89 Å². The molecule has 6 heteroatoms. The average Bonchev–Trinajstić information content (AvgIpc) is 2.69. The molecule has 0 aliphatic heterocycles. The first-order valence-electron chi connectivity index (χ1n) is 11.2. The first kappa shape index (κ1) is 27.7. The lowest BCUT2D eigenvalue weighted by atomic mass is 9.91. The van der Waals surface area contributed by atoms with E-state index < -0.39 is 5.41 Å². The third-order valence-corrected chi connectivity index (χ3v) is 6.03. The Bertz CT molecular complexity index is 366. The summed E-state index contributed by atoms with van der Waals surface area (Å²) in [5.74, 6) is 1.12. The van der Waals surface area contributed by atoms with Crippen molar-refractivity contribution in [3.63, 3.8) is 0 Å². The zero-order valence-corrected chi connectivity index (χ0v) is 19.6. The zero-order valence-electron chi connectivity index (χ0n) is 18.8. The van der Waals surface area contributed by atoms with Gasteiger partial charge in [0, 0.05) is 6.54 Å². The van der Waals surface area contributed by atoms with E-state index in [2.05, 4.69) is 16.5 Å². The van der Waals surface area contributed by atoms with Crippen LogP contribution in [-0.4, -0.2) is 42.6 Å². The molecule has 168 valence electrons. The highest BCUT2D eigenvalue weighted by Crippen LogP contribution is 2.21. The minimum absolute atomic E-state index is 0.182. The predicted octanol–water partition coefficient (Wildman–Crippen LogP) is 6.03. The van der Waals surface area contributed by atoms with Crippen LogP contribution in [0.5, 0.6) is 0 Å². The molecule has 0 aliphatic carbocycles. The smallest absolute Gasteiger partial charge is 0.311 e. The molecule has 0 spiro atoms. The molecule has 28 heavy (non-hydrogen) atoms. The van der Waals surface area contributed by atoms with Crippen molar-refractivity contribution in [1.82, 2.24) is 5.32 Å². The summed E-state index contributed by atoms with van der Waals surface area (Å²) >= 11 is 1.94. The Hall–Kier alpha value is -0.300. The molecule has 0 aromatic heterocycles. The van der Waals surface area contributed by atoms with E-state index in [-0.39, 0.29) is 12.2 Å². The molecule has 0 fully saturated rings. The van der Waals surface area contributed by atoms with Crippen molar-refractivity contribution in [2.45, 2.75) is 104 Å². The topological polar surface area (TPSA) is 67.8 Å². The fourth-order valence-corrected chi connectivity index (χ4v) is 3.38. The van der Waals surface area contributed by atoms with Crippen LogP contribution in [-0.2, 0) is 14.4 Å². The fraction of sp³-hybridized carbons (Fsp3) is 0.955. The van der Waals surface area contributed by atoms with E-state index in [1.165, 1.54) is 57.1 Å². The van der Waals surface area contributed by atoms with Crippen LogP contribution >= 0.6 is 11.8 Å². The summed E-state index contributed by atoms with van der Waals surface area (Å²) in [7, 11) is 0. The van der Waals surface area contributed by atoms with Gasteiger partial charge in [-0.3, -0.25) is 15.4 Å². The second-order valence-electron chi connectivity index (χ2n) is 8.24. The van der Waals surface area contributed by atoms with Gasteiger partial charge in [0.1, 0.15) is 12.8 Å². The molecule has 2 N–H and O–H groups in total. The second-order valence-corrected chi connectivity index (χ2v) is 9.22. The maximum absolute atomic E-state index is 11.9. The third kappa shape index (κ3) is 15.6. The van der Waals surface area contributed by atoms with E-state index in [1.54, 1.807) is 0 Å². The first-order valence-corrected chi connectivity index (χ1v) is 12.6. The number of nitrogens with one attached hydrogen (secondary N) is 1. The number of carbonyl (C=O) groups is 1. The van der Waals surface area contributed by atoms with Gasteiger partial charge in [0.2, 0.25) is 0 Å². The lowest BCUT2D eigenvalue weighted by Crippen LogP contribution is -2.35. The minimum atomic E-state index is -0.443. The van der Waals surface area contributed by atoms with Gasteiger partial charge >= 0.3 is 5.97 Å².